The second-order valence-corrected chi connectivity index (χ2v) is 5.83. The summed E-state index contributed by atoms with van der Waals surface area (Å²) in [4.78, 5) is 18.0. The van der Waals surface area contributed by atoms with E-state index in [9.17, 15) is 9.90 Å². The van der Waals surface area contributed by atoms with Crippen LogP contribution in [0.1, 0.15) is 50.3 Å². The molecule has 1 aliphatic heterocycles. The summed E-state index contributed by atoms with van der Waals surface area (Å²) in [6, 6.07) is 0. The van der Waals surface area contributed by atoms with E-state index in [-0.39, 0.29) is 5.92 Å². The van der Waals surface area contributed by atoms with Gasteiger partial charge in [0.1, 0.15) is 0 Å². The summed E-state index contributed by atoms with van der Waals surface area (Å²) in [6.07, 6.45) is 9.88. The molecule has 6 nitrogen and oxygen atoms in total. The van der Waals surface area contributed by atoms with Gasteiger partial charge in [-0.3, -0.25) is 4.79 Å². The molecule has 2 unspecified atom stereocenters. The summed E-state index contributed by atoms with van der Waals surface area (Å²) in [6.45, 7) is 1.90. The minimum absolute atomic E-state index is 0.208. The van der Waals surface area contributed by atoms with Gasteiger partial charge in [-0.25, -0.2) is 0 Å². The highest BCUT2D eigenvalue weighted by Crippen LogP contribution is 2.34. The molecule has 1 saturated heterocycles. The SMILES string of the molecule is O=C(O)C1CC=CCC1c1nc(N2CCCCCC2)no1. The number of hydrogen-bond acceptors (Lipinski definition) is 5. The number of rotatable bonds is 3. The molecule has 2 heterocycles. The lowest BCUT2D eigenvalue weighted by Gasteiger charge is -2.21. The van der Waals surface area contributed by atoms with Crippen LogP contribution in [-0.4, -0.2) is 34.3 Å². The van der Waals surface area contributed by atoms with Crippen molar-refractivity contribution < 1.29 is 14.4 Å². The Morgan fingerprint density at radius 2 is 1.90 bits per heavy atom. The third kappa shape index (κ3) is 3.09. The normalized spacial score (nSPS) is 26.6. The summed E-state index contributed by atoms with van der Waals surface area (Å²) in [7, 11) is 0. The molecule has 0 spiro atoms. The number of aliphatic carboxylic acids is 1. The summed E-state index contributed by atoms with van der Waals surface area (Å²) in [5.74, 6) is -0.386. The average Bonchev–Trinajstić information content (AvgIpc) is 2.83. The quantitative estimate of drug-likeness (QED) is 0.862. The summed E-state index contributed by atoms with van der Waals surface area (Å²) in [5, 5.41) is 13.4. The van der Waals surface area contributed by atoms with Gasteiger partial charge in [0.2, 0.25) is 5.89 Å². The van der Waals surface area contributed by atoms with Crippen LogP contribution in [0.25, 0.3) is 0 Å². The van der Waals surface area contributed by atoms with Crippen molar-refractivity contribution in [2.24, 2.45) is 5.92 Å². The first-order valence-corrected chi connectivity index (χ1v) is 7.72. The molecule has 114 valence electrons. The highest BCUT2D eigenvalue weighted by Gasteiger charge is 2.34. The largest absolute Gasteiger partial charge is 0.481 e. The van der Waals surface area contributed by atoms with Crippen molar-refractivity contribution in [2.45, 2.75) is 44.4 Å². The zero-order valence-electron chi connectivity index (χ0n) is 12.1. The first-order chi connectivity index (χ1) is 10.3. The molecular weight excluding hydrogens is 270 g/mol. The molecule has 0 radical (unpaired) electrons. The molecule has 1 N–H and O–H groups in total. The van der Waals surface area contributed by atoms with Crippen molar-refractivity contribution in [1.82, 2.24) is 10.1 Å². The molecule has 0 aromatic carbocycles. The lowest BCUT2D eigenvalue weighted by atomic mass is 9.83. The van der Waals surface area contributed by atoms with Crippen molar-refractivity contribution in [1.29, 1.82) is 0 Å². The fourth-order valence-corrected chi connectivity index (χ4v) is 3.14. The Bertz CT molecular complexity index is 518. The Kier molecular flexibility index (Phi) is 4.22. The Morgan fingerprint density at radius 3 is 2.62 bits per heavy atom. The highest BCUT2D eigenvalue weighted by molar-refractivity contribution is 5.71. The predicted octanol–water partition coefficient (Wildman–Crippen LogP) is 2.58. The van der Waals surface area contributed by atoms with Gasteiger partial charge in [-0.1, -0.05) is 25.0 Å². The van der Waals surface area contributed by atoms with E-state index in [1.807, 2.05) is 12.2 Å². The molecule has 1 aliphatic carbocycles. The maximum Gasteiger partial charge on any atom is 0.307 e. The zero-order valence-corrected chi connectivity index (χ0v) is 12.1. The maximum atomic E-state index is 11.4. The minimum atomic E-state index is -0.793. The number of allylic oxidation sites excluding steroid dienone is 2. The average molecular weight is 291 g/mol. The molecule has 1 aromatic rings. The van der Waals surface area contributed by atoms with Crippen LogP contribution in [0, 0.1) is 5.92 Å². The second kappa shape index (κ2) is 6.28. The van der Waals surface area contributed by atoms with E-state index in [1.54, 1.807) is 0 Å². The van der Waals surface area contributed by atoms with E-state index in [4.69, 9.17) is 4.52 Å². The molecule has 0 bridgehead atoms. The lowest BCUT2D eigenvalue weighted by molar-refractivity contribution is -0.142. The summed E-state index contributed by atoms with van der Waals surface area (Å²) in [5.41, 5.74) is 0. The fraction of sp³-hybridized carbons (Fsp3) is 0.667. The predicted molar refractivity (Wildman–Crippen MR) is 77.2 cm³/mol. The van der Waals surface area contributed by atoms with Gasteiger partial charge in [0.05, 0.1) is 11.8 Å². The molecule has 21 heavy (non-hydrogen) atoms. The first-order valence-electron chi connectivity index (χ1n) is 7.72. The van der Waals surface area contributed by atoms with E-state index < -0.39 is 11.9 Å². The van der Waals surface area contributed by atoms with Gasteiger partial charge in [-0.05, 0) is 30.8 Å². The van der Waals surface area contributed by atoms with E-state index in [0.29, 0.717) is 24.7 Å². The molecule has 2 aliphatic rings. The molecule has 1 fully saturated rings. The minimum Gasteiger partial charge on any atom is -0.481 e. The number of nitrogens with zero attached hydrogens (tertiary/aromatic N) is 3. The number of carboxylic acids is 1. The fourth-order valence-electron chi connectivity index (χ4n) is 3.14. The van der Waals surface area contributed by atoms with E-state index >= 15 is 0 Å². The van der Waals surface area contributed by atoms with Gasteiger partial charge in [0.15, 0.2) is 0 Å². The van der Waals surface area contributed by atoms with E-state index in [2.05, 4.69) is 15.0 Å². The Balaban J connectivity index is 1.77. The van der Waals surface area contributed by atoms with Crippen LogP contribution < -0.4 is 4.90 Å². The van der Waals surface area contributed by atoms with Crippen molar-refractivity contribution in [2.75, 3.05) is 18.0 Å². The topological polar surface area (TPSA) is 79.5 Å². The summed E-state index contributed by atoms with van der Waals surface area (Å²) >= 11 is 0. The Hall–Kier alpha value is -1.85. The molecule has 1 aromatic heterocycles. The molecular formula is C15H21N3O3. The Labute approximate surface area is 123 Å². The first kappa shape index (κ1) is 14.1. The monoisotopic (exact) mass is 291 g/mol. The maximum absolute atomic E-state index is 11.4. The van der Waals surface area contributed by atoms with E-state index in [1.165, 1.54) is 12.8 Å². The molecule has 2 atom stereocenters. The highest BCUT2D eigenvalue weighted by atomic mass is 16.5. The number of aromatic nitrogens is 2. The standard InChI is InChI=1S/C15H21N3O3/c19-14(20)12-8-4-3-7-11(12)13-16-15(17-21-13)18-9-5-1-2-6-10-18/h3-4,11-12H,1-2,5-10H2,(H,19,20). The smallest absolute Gasteiger partial charge is 0.307 e. The van der Waals surface area contributed by atoms with Crippen LogP contribution in [-0.2, 0) is 4.79 Å². The zero-order chi connectivity index (χ0) is 14.7. The lowest BCUT2D eigenvalue weighted by Crippen LogP contribution is -2.26. The van der Waals surface area contributed by atoms with Gasteiger partial charge >= 0.3 is 5.97 Å². The van der Waals surface area contributed by atoms with Crippen molar-refractivity contribution >= 4 is 11.9 Å². The third-order valence-corrected chi connectivity index (χ3v) is 4.39. The van der Waals surface area contributed by atoms with Crippen LogP contribution in [0.3, 0.4) is 0 Å². The van der Waals surface area contributed by atoms with Gasteiger partial charge in [0, 0.05) is 13.1 Å². The van der Waals surface area contributed by atoms with Gasteiger partial charge in [0.25, 0.3) is 5.95 Å². The number of anilines is 1. The van der Waals surface area contributed by atoms with Crippen molar-refractivity contribution in [3.05, 3.63) is 18.0 Å². The molecule has 3 rings (SSSR count). The van der Waals surface area contributed by atoms with E-state index in [0.717, 1.165) is 25.9 Å². The second-order valence-electron chi connectivity index (χ2n) is 5.83. The van der Waals surface area contributed by atoms with Gasteiger partial charge < -0.3 is 14.5 Å². The van der Waals surface area contributed by atoms with Crippen molar-refractivity contribution in [3.63, 3.8) is 0 Å². The number of hydrogen-bond donors (Lipinski definition) is 1. The molecule has 0 amide bonds. The number of carboxylic acid groups (broad SMARTS) is 1. The van der Waals surface area contributed by atoms with Crippen LogP contribution >= 0.6 is 0 Å². The van der Waals surface area contributed by atoms with Crippen molar-refractivity contribution in [3.8, 4) is 0 Å². The summed E-state index contributed by atoms with van der Waals surface area (Å²) < 4.78 is 5.38. The number of carbonyl (C=O) groups is 1. The Morgan fingerprint density at radius 1 is 1.19 bits per heavy atom. The van der Waals surface area contributed by atoms with Crippen LogP contribution in [0.5, 0.6) is 0 Å². The molecule has 0 saturated carbocycles. The van der Waals surface area contributed by atoms with Crippen LogP contribution in [0.2, 0.25) is 0 Å². The third-order valence-electron chi connectivity index (χ3n) is 4.39. The van der Waals surface area contributed by atoms with Crippen LogP contribution in [0.15, 0.2) is 16.7 Å². The van der Waals surface area contributed by atoms with Gasteiger partial charge in [-0.2, -0.15) is 4.98 Å². The van der Waals surface area contributed by atoms with Crippen LogP contribution in [0.4, 0.5) is 5.95 Å². The molecule has 6 heteroatoms. The van der Waals surface area contributed by atoms with Gasteiger partial charge in [-0.15, -0.1) is 0 Å².